The van der Waals surface area contributed by atoms with E-state index in [9.17, 15) is 27.2 Å². The molecule has 0 saturated heterocycles. The van der Waals surface area contributed by atoms with Gasteiger partial charge in [-0.15, -0.1) is 0 Å². The molecule has 2 aromatic rings. The maximum absolute atomic E-state index is 14.3. The van der Waals surface area contributed by atoms with E-state index in [-0.39, 0.29) is 17.7 Å². The number of halogens is 4. The number of hydrogen-bond donors (Lipinski definition) is 1. The zero-order valence-electron chi connectivity index (χ0n) is 13.9. The Morgan fingerprint density at radius 2 is 1.96 bits per heavy atom. The fourth-order valence-corrected chi connectivity index (χ4v) is 2.97. The van der Waals surface area contributed by atoms with E-state index in [0.717, 1.165) is 29.4 Å². The minimum absolute atomic E-state index is 0.0765. The molecule has 0 bridgehead atoms. The SMILES string of the molecule is O=CN(c1cncc(F)c1)C(C(=O)NC1CC(F)(F)C1)c1ccccc1F. The van der Waals surface area contributed by atoms with Crippen molar-refractivity contribution in [2.24, 2.45) is 0 Å². The third kappa shape index (κ3) is 4.07. The summed E-state index contributed by atoms with van der Waals surface area (Å²) in [5.74, 6) is -5.24. The van der Waals surface area contributed by atoms with Crippen molar-refractivity contribution in [1.29, 1.82) is 0 Å². The quantitative estimate of drug-likeness (QED) is 0.618. The molecule has 0 spiro atoms. The van der Waals surface area contributed by atoms with Gasteiger partial charge in [0.05, 0.1) is 18.1 Å². The van der Waals surface area contributed by atoms with Crippen LogP contribution in [0.2, 0.25) is 0 Å². The van der Waals surface area contributed by atoms with Gasteiger partial charge in [0.25, 0.3) is 5.92 Å². The zero-order chi connectivity index (χ0) is 19.6. The third-order valence-electron chi connectivity index (χ3n) is 4.26. The van der Waals surface area contributed by atoms with Crippen LogP contribution in [-0.4, -0.2) is 29.3 Å². The number of rotatable bonds is 6. The van der Waals surface area contributed by atoms with Gasteiger partial charge < -0.3 is 5.32 Å². The van der Waals surface area contributed by atoms with Crippen LogP contribution in [0.4, 0.5) is 23.2 Å². The third-order valence-corrected chi connectivity index (χ3v) is 4.26. The summed E-state index contributed by atoms with van der Waals surface area (Å²) >= 11 is 0. The fraction of sp³-hybridized carbons (Fsp3) is 0.278. The highest BCUT2D eigenvalue weighted by atomic mass is 19.3. The molecule has 1 saturated carbocycles. The minimum atomic E-state index is -2.86. The molecule has 1 unspecified atom stereocenters. The number of hydrogen-bond acceptors (Lipinski definition) is 3. The summed E-state index contributed by atoms with van der Waals surface area (Å²) in [5, 5.41) is 2.40. The van der Waals surface area contributed by atoms with Crippen molar-refractivity contribution in [3.63, 3.8) is 0 Å². The molecule has 0 radical (unpaired) electrons. The molecular weight excluding hydrogens is 366 g/mol. The Labute approximate surface area is 152 Å². The van der Waals surface area contributed by atoms with E-state index in [1.54, 1.807) is 0 Å². The van der Waals surface area contributed by atoms with Crippen LogP contribution in [0.25, 0.3) is 0 Å². The average Bonchev–Trinajstić information content (AvgIpc) is 2.58. The number of alkyl halides is 2. The van der Waals surface area contributed by atoms with Gasteiger partial charge in [-0.2, -0.15) is 0 Å². The van der Waals surface area contributed by atoms with Crippen molar-refractivity contribution >= 4 is 18.0 Å². The second-order valence-corrected chi connectivity index (χ2v) is 6.27. The van der Waals surface area contributed by atoms with Gasteiger partial charge in [-0.3, -0.25) is 19.5 Å². The van der Waals surface area contributed by atoms with Crippen molar-refractivity contribution in [2.75, 3.05) is 4.90 Å². The predicted molar refractivity (Wildman–Crippen MR) is 88.0 cm³/mol. The van der Waals surface area contributed by atoms with Gasteiger partial charge in [0.15, 0.2) is 0 Å². The van der Waals surface area contributed by atoms with Gasteiger partial charge in [-0.05, 0) is 6.07 Å². The first-order valence-corrected chi connectivity index (χ1v) is 8.07. The second kappa shape index (κ2) is 7.34. The molecule has 0 aliphatic heterocycles. The Hall–Kier alpha value is -2.97. The van der Waals surface area contributed by atoms with E-state index in [1.807, 2.05) is 0 Å². The van der Waals surface area contributed by atoms with E-state index >= 15 is 0 Å². The molecular formula is C18H15F4N3O2. The number of carbonyl (C=O) groups excluding carboxylic acids is 2. The Bertz CT molecular complexity index is 854. The molecule has 1 aromatic heterocycles. The summed E-state index contributed by atoms with van der Waals surface area (Å²) in [6.45, 7) is 0. The summed E-state index contributed by atoms with van der Waals surface area (Å²) in [6, 6.07) is 3.90. The molecule has 1 atom stereocenters. The van der Waals surface area contributed by atoms with E-state index in [4.69, 9.17) is 0 Å². The van der Waals surface area contributed by atoms with Crippen molar-refractivity contribution < 1.29 is 27.2 Å². The fourth-order valence-electron chi connectivity index (χ4n) is 2.97. The lowest BCUT2D eigenvalue weighted by Crippen LogP contribution is -2.53. The molecule has 27 heavy (non-hydrogen) atoms. The largest absolute Gasteiger partial charge is 0.351 e. The maximum Gasteiger partial charge on any atom is 0.252 e. The van der Waals surface area contributed by atoms with Crippen LogP contribution in [0.1, 0.15) is 24.4 Å². The number of anilines is 1. The van der Waals surface area contributed by atoms with Crippen LogP contribution < -0.4 is 10.2 Å². The number of amides is 2. The number of carbonyl (C=O) groups is 2. The second-order valence-electron chi connectivity index (χ2n) is 6.27. The predicted octanol–water partition coefficient (Wildman–Crippen LogP) is 2.98. The molecule has 9 heteroatoms. The van der Waals surface area contributed by atoms with Crippen molar-refractivity contribution in [2.45, 2.75) is 30.8 Å². The van der Waals surface area contributed by atoms with Crippen LogP contribution in [0.3, 0.4) is 0 Å². The monoisotopic (exact) mass is 381 g/mol. The highest BCUT2D eigenvalue weighted by Gasteiger charge is 2.47. The number of benzene rings is 1. The van der Waals surface area contributed by atoms with Gasteiger partial charge in [0, 0.05) is 30.5 Å². The van der Waals surface area contributed by atoms with Crippen molar-refractivity contribution in [3.8, 4) is 0 Å². The van der Waals surface area contributed by atoms with Crippen LogP contribution in [0.5, 0.6) is 0 Å². The summed E-state index contributed by atoms with van der Waals surface area (Å²) in [5.41, 5.74) is -0.232. The number of nitrogens with zero attached hydrogens (tertiary/aromatic N) is 2. The minimum Gasteiger partial charge on any atom is -0.351 e. The average molecular weight is 381 g/mol. The number of nitrogens with one attached hydrogen (secondary N) is 1. The molecule has 1 N–H and O–H groups in total. The van der Waals surface area contributed by atoms with Gasteiger partial charge in [-0.1, -0.05) is 18.2 Å². The van der Waals surface area contributed by atoms with E-state index in [0.29, 0.717) is 0 Å². The van der Waals surface area contributed by atoms with Gasteiger partial charge in [0.1, 0.15) is 17.7 Å². The Kier molecular flexibility index (Phi) is 5.11. The number of pyridine rings is 1. The van der Waals surface area contributed by atoms with Crippen LogP contribution in [0.15, 0.2) is 42.7 Å². The molecule has 1 aliphatic carbocycles. The summed E-state index contributed by atoms with van der Waals surface area (Å²) in [4.78, 5) is 28.8. The van der Waals surface area contributed by atoms with Gasteiger partial charge >= 0.3 is 0 Å². The highest BCUT2D eigenvalue weighted by molar-refractivity contribution is 5.93. The Morgan fingerprint density at radius 1 is 1.26 bits per heavy atom. The Morgan fingerprint density at radius 3 is 2.56 bits per heavy atom. The summed E-state index contributed by atoms with van der Waals surface area (Å²) < 4.78 is 53.9. The Balaban J connectivity index is 1.95. The molecule has 1 aliphatic rings. The summed E-state index contributed by atoms with van der Waals surface area (Å²) in [6.07, 6.45) is 1.20. The normalized spacial score (nSPS) is 16.9. The first kappa shape index (κ1) is 18.8. The van der Waals surface area contributed by atoms with Gasteiger partial charge in [0.2, 0.25) is 12.3 Å². The first-order valence-electron chi connectivity index (χ1n) is 8.07. The molecule has 2 amide bonds. The topological polar surface area (TPSA) is 62.3 Å². The maximum atomic E-state index is 14.3. The molecule has 3 rings (SSSR count). The molecule has 5 nitrogen and oxygen atoms in total. The molecule has 1 aromatic carbocycles. The lowest BCUT2D eigenvalue weighted by molar-refractivity contribution is -0.131. The lowest BCUT2D eigenvalue weighted by Gasteiger charge is -2.37. The van der Waals surface area contributed by atoms with Crippen LogP contribution in [-0.2, 0) is 9.59 Å². The standard InChI is InChI=1S/C18H15F4N3O2/c19-11-5-13(9-23-8-11)25(10-26)16(14-3-1-2-4-15(14)20)17(27)24-12-6-18(21,22)7-12/h1-5,8-10,12,16H,6-7H2,(H,24,27). The lowest BCUT2D eigenvalue weighted by atomic mass is 9.87. The van der Waals surface area contributed by atoms with E-state index in [2.05, 4.69) is 10.3 Å². The summed E-state index contributed by atoms with van der Waals surface area (Å²) in [7, 11) is 0. The van der Waals surface area contributed by atoms with Crippen molar-refractivity contribution in [1.82, 2.24) is 10.3 Å². The van der Waals surface area contributed by atoms with Crippen LogP contribution >= 0.6 is 0 Å². The number of aromatic nitrogens is 1. The van der Waals surface area contributed by atoms with E-state index in [1.165, 1.54) is 18.2 Å². The van der Waals surface area contributed by atoms with Gasteiger partial charge in [-0.25, -0.2) is 17.6 Å². The van der Waals surface area contributed by atoms with Crippen LogP contribution in [0, 0.1) is 11.6 Å². The molecule has 142 valence electrons. The molecule has 1 heterocycles. The smallest absolute Gasteiger partial charge is 0.252 e. The highest BCUT2D eigenvalue weighted by Crippen LogP contribution is 2.38. The molecule has 1 fully saturated rings. The van der Waals surface area contributed by atoms with E-state index < -0.39 is 48.4 Å². The van der Waals surface area contributed by atoms with Crippen molar-refractivity contribution in [3.05, 3.63) is 59.9 Å². The first-order chi connectivity index (χ1) is 12.8. The zero-order valence-corrected chi connectivity index (χ0v) is 13.9.